The summed E-state index contributed by atoms with van der Waals surface area (Å²) in [6.07, 6.45) is 1.99. The van der Waals surface area contributed by atoms with Gasteiger partial charge in [-0.05, 0) is 108 Å². The highest BCUT2D eigenvalue weighted by atomic mass is 19.1. The summed E-state index contributed by atoms with van der Waals surface area (Å²) in [4.78, 5) is 65.3. The van der Waals surface area contributed by atoms with Crippen LogP contribution in [0, 0.1) is 18.6 Å². The average Bonchev–Trinajstić information content (AvgIpc) is 3.83. The number of halogens is 2. The predicted molar refractivity (Wildman–Crippen MR) is 248 cm³/mol. The Hall–Kier alpha value is -7.79. The average molecular weight is 894 g/mol. The number of aromatic nitrogens is 5. The first-order valence-electron chi connectivity index (χ1n) is 21.5. The summed E-state index contributed by atoms with van der Waals surface area (Å²) < 4.78 is 37.6. The Morgan fingerprint density at radius 2 is 1.59 bits per heavy atom. The van der Waals surface area contributed by atoms with Gasteiger partial charge >= 0.3 is 5.69 Å². The highest BCUT2D eigenvalue weighted by molar-refractivity contribution is 6.12. The molecule has 2 aromatic heterocycles. The number of piperidine rings is 1. The molecular weight excluding hydrogens is 847 g/mol. The van der Waals surface area contributed by atoms with Gasteiger partial charge in [0.2, 0.25) is 11.8 Å². The van der Waals surface area contributed by atoms with E-state index in [1.54, 1.807) is 68.7 Å². The number of quaternary nitrogens is 1. The molecule has 0 bridgehead atoms. The monoisotopic (exact) mass is 893 g/mol. The van der Waals surface area contributed by atoms with Gasteiger partial charge < -0.3 is 15.5 Å². The fraction of sp³-hybridized carbons (Fsp3) is 0.245. The molecule has 7 aromatic rings. The van der Waals surface area contributed by atoms with Crippen molar-refractivity contribution >= 4 is 51.6 Å². The molecule has 3 N–H and O–H groups in total. The van der Waals surface area contributed by atoms with Crippen LogP contribution in [0.15, 0.2) is 102 Å². The number of hydrogen-bond acceptors (Lipinski definition) is 8. The number of amides is 4. The van der Waals surface area contributed by atoms with Crippen molar-refractivity contribution in [3.05, 3.63) is 142 Å². The second kappa shape index (κ2) is 17.0. The van der Waals surface area contributed by atoms with Crippen molar-refractivity contribution in [1.82, 2.24) is 39.2 Å². The molecule has 2 aliphatic heterocycles. The number of anilines is 2. The lowest BCUT2D eigenvalue weighted by atomic mass is 9.90. The van der Waals surface area contributed by atoms with Crippen LogP contribution < -0.4 is 31.0 Å². The molecule has 66 heavy (non-hydrogen) atoms. The molecule has 336 valence electrons. The molecule has 17 heteroatoms. The summed E-state index contributed by atoms with van der Waals surface area (Å²) in [5, 5.41) is 16.2. The van der Waals surface area contributed by atoms with Crippen molar-refractivity contribution in [2.24, 2.45) is 14.1 Å². The molecular formula is C49H47F2N10O5+. The number of fused-ring (bicyclic) bond motifs is 1. The van der Waals surface area contributed by atoms with Gasteiger partial charge in [0, 0.05) is 50.4 Å². The number of carbonyl (C=O) groups excluding carboxylic acids is 4. The molecule has 0 saturated carbocycles. The molecule has 0 spiro atoms. The second-order valence-electron chi connectivity index (χ2n) is 17.1. The lowest BCUT2D eigenvalue weighted by Gasteiger charge is -2.42. The Balaban J connectivity index is 1.04. The molecule has 0 radical (unpaired) electrons. The van der Waals surface area contributed by atoms with Crippen LogP contribution in [-0.4, -0.2) is 88.0 Å². The summed E-state index contributed by atoms with van der Waals surface area (Å²) in [7, 11) is 6.84. The number of aryl methyl sites for hydroxylation is 3. The summed E-state index contributed by atoms with van der Waals surface area (Å²) in [6.45, 7) is 4.45. The maximum atomic E-state index is 17.3. The Bertz CT molecular complexity index is 3200. The van der Waals surface area contributed by atoms with Crippen LogP contribution in [0.1, 0.15) is 50.7 Å². The van der Waals surface area contributed by atoms with E-state index < -0.39 is 29.4 Å². The molecule has 2 aliphatic rings. The molecule has 1 atom stereocenters. The first kappa shape index (κ1) is 43.5. The Morgan fingerprint density at radius 1 is 0.833 bits per heavy atom. The first-order chi connectivity index (χ1) is 31.6. The maximum absolute atomic E-state index is 17.3. The van der Waals surface area contributed by atoms with Crippen LogP contribution in [-0.2, 0) is 23.7 Å². The lowest BCUT2D eigenvalue weighted by Crippen LogP contribution is -2.58. The summed E-state index contributed by atoms with van der Waals surface area (Å²) in [6, 6.07) is 26.1. The lowest BCUT2D eigenvalue weighted by molar-refractivity contribution is -0.134. The van der Waals surface area contributed by atoms with E-state index >= 15 is 8.78 Å². The quantitative estimate of drug-likeness (QED) is 0.118. The zero-order valence-electron chi connectivity index (χ0n) is 37.0. The van der Waals surface area contributed by atoms with Crippen LogP contribution in [0.4, 0.5) is 25.8 Å². The number of piperazine rings is 1. The number of rotatable bonds is 9. The van der Waals surface area contributed by atoms with Crippen molar-refractivity contribution in [3.8, 4) is 27.9 Å². The summed E-state index contributed by atoms with van der Waals surface area (Å²) in [5.74, 6) is -3.35. The van der Waals surface area contributed by atoms with E-state index in [-0.39, 0.29) is 40.6 Å². The minimum Gasteiger partial charge on any atom is -0.358 e. The number of carbonyl (C=O) groups is 4. The van der Waals surface area contributed by atoms with Crippen LogP contribution in [0.25, 0.3) is 38.8 Å². The number of likely N-dealkylation sites (N-methyl/N-ethyl adjacent to an activating group) is 1. The highest BCUT2D eigenvalue weighted by Gasteiger charge is 2.34. The number of imide groups is 1. The zero-order valence-corrected chi connectivity index (χ0v) is 37.0. The summed E-state index contributed by atoms with van der Waals surface area (Å²) >= 11 is 0. The Morgan fingerprint density at radius 3 is 2.29 bits per heavy atom. The normalized spacial score (nSPS) is 16.0. The van der Waals surface area contributed by atoms with Gasteiger partial charge in [-0.25, -0.2) is 22.8 Å². The van der Waals surface area contributed by atoms with Crippen molar-refractivity contribution < 1.29 is 28.0 Å². The smallest absolute Gasteiger partial charge is 0.350 e. The van der Waals surface area contributed by atoms with Crippen LogP contribution in [0.5, 0.6) is 0 Å². The minimum atomic E-state index is -0.662. The van der Waals surface area contributed by atoms with Gasteiger partial charge in [-0.15, -0.1) is 0 Å². The van der Waals surface area contributed by atoms with Gasteiger partial charge in [-0.2, -0.15) is 10.2 Å². The van der Waals surface area contributed by atoms with Gasteiger partial charge in [-0.3, -0.25) is 33.7 Å². The number of nitrogens with zero attached hydrogens (tertiary/aromatic N) is 7. The van der Waals surface area contributed by atoms with Crippen LogP contribution in [0.3, 0.4) is 0 Å². The topological polar surface area (TPSA) is 165 Å². The van der Waals surface area contributed by atoms with E-state index in [1.165, 1.54) is 39.4 Å². The molecule has 1 unspecified atom stereocenters. The third-order valence-corrected chi connectivity index (χ3v) is 13.0. The van der Waals surface area contributed by atoms with E-state index in [9.17, 15) is 24.0 Å². The first-order valence-corrected chi connectivity index (χ1v) is 21.5. The second-order valence-corrected chi connectivity index (χ2v) is 17.1. The highest BCUT2D eigenvalue weighted by Crippen LogP contribution is 2.41. The molecule has 0 aliphatic carbocycles. The molecule has 2 saturated heterocycles. The van der Waals surface area contributed by atoms with E-state index in [2.05, 4.69) is 39.3 Å². The molecule has 15 nitrogen and oxygen atoms in total. The molecule has 2 fully saturated rings. The van der Waals surface area contributed by atoms with Crippen LogP contribution >= 0.6 is 0 Å². The Labute approximate surface area is 377 Å². The third-order valence-electron chi connectivity index (χ3n) is 13.0. The zero-order chi connectivity index (χ0) is 46.6. The standard InChI is InChI=1S/C49H46F2N10O5/c1-28-23-33(61(5)21-19-59(20-22-61)40-16-9-29(25-39(40)50)35-15-18-42(62)55-47(35)64)11-13-34(28)38-26-32(60-27-53-58(4)49(60)66)10-12-36(38)37-14-17-41-43(44(37)51)45(56-57(41)3)48(65)54-31-8-6-7-30(24-31)46(63)52-2/h6-14,16-17,23-27,35H,15,18-22H2,1-5H3,(H2-,52,54,55,62,63,64,65)/p+1. The largest absolute Gasteiger partial charge is 0.358 e. The number of nitrogens with one attached hydrogen (secondary N) is 3. The van der Waals surface area contributed by atoms with Crippen LogP contribution in [0.2, 0.25) is 0 Å². The van der Waals surface area contributed by atoms with Crippen molar-refractivity contribution in [1.29, 1.82) is 0 Å². The number of hydrogen-bond donors (Lipinski definition) is 3. The van der Waals surface area contributed by atoms with Gasteiger partial charge in [-0.1, -0.05) is 18.2 Å². The van der Waals surface area contributed by atoms with E-state index in [0.29, 0.717) is 81.9 Å². The van der Waals surface area contributed by atoms with Crippen molar-refractivity contribution in [2.75, 3.05) is 50.5 Å². The van der Waals surface area contributed by atoms with E-state index in [1.807, 2.05) is 30.0 Å². The predicted octanol–water partition coefficient (Wildman–Crippen LogP) is 5.97. The SMILES string of the molecule is CNC(=O)c1cccc(NC(=O)c2nn(C)c3ccc(-c4ccc(-n5cnn(C)c5=O)cc4-c4ccc([N+]5(C)CCN(c6ccc(C7CCC(=O)NC7=O)cc6F)CC5)cc4C)c(F)c23)c1. The maximum Gasteiger partial charge on any atom is 0.350 e. The minimum absolute atomic E-state index is 0.0160. The van der Waals surface area contributed by atoms with Gasteiger partial charge in [0.05, 0.1) is 48.3 Å². The fourth-order valence-electron chi connectivity index (χ4n) is 9.15. The van der Waals surface area contributed by atoms with Gasteiger partial charge in [0.1, 0.15) is 36.7 Å². The van der Waals surface area contributed by atoms with Gasteiger partial charge in [0.25, 0.3) is 11.8 Å². The molecule has 4 amide bonds. The molecule has 4 heterocycles. The van der Waals surface area contributed by atoms with Gasteiger partial charge in [0.15, 0.2) is 5.69 Å². The molecule has 9 rings (SSSR count). The molecule has 5 aromatic carbocycles. The third kappa shape index (κ3) is 7.80. The van der Waals surface area contributed by atoms with Crippen molar-refractivity contribution in [2.45, 2.75) is 25.7 Å². The van der Waals surface area contributed by atoms with Crippen molar-refractivity contribution in [3.63, 3.8) is 0 Å². The summed E-state index contributed by atoms with van der Waals surface area (Å²) in [5.41, 5.74) is 6.17. The van der Waals surface area contributed by atoms with E-state index in [4.69, 9.17) is 0 Å². The fourth-order valence-corrected chi connectivity index (χ4v) is 9.15. The number of benzene rings is 5. The Kier molecular flexibility index (Phi) is 11.2. The van der Waals surface area contributed by atoms with E-state index in [0.717, 1.165) is 16.8 Å².